The van der Waals surface area contributed by atoms with Gasteiger partial charge in [0.15, 0.2) is 0 Å². The van der Waals surface area contributed by atoms with Gasteiger partial charge in [-0.15, -0.1) is 0 Å². The molecule has 0 radical (unpaired) electrons. The highest BCUT2D eigenvalue weighted by Gasteiger charge is 2.16. The number of rotatable bonds is 6. The smallest absolute Gasteiger partial charge is 0.121 e. The van der Waals surface area contributed by atoms with E-state index in [-0.39, 0.29) is 6.10 Å². The average Bonchev–Trinajstić information content (AvgIpc) is 3.38. The molecule has 0 aliphatic carbocycles. The van der Waals surface area contributed by atoms with Crippen LogP contribution in [0.4, 0.5) is 0 Å². The summed E-state index contributed by atoms with van der Waals surface area (Å²) in [5, 5.41) is 5.08. The number of nitrogens with zero attached hydrogens (tertiary/aromatic N) is 4. The molecule has 200 valence electrons. The van der Waals surface area contributed by atoms with Crippen molar-refractivity contribution in [3.63, 3.8) is 0 Å². The summed E-state index contributed by atoms with van der Waals surface area (Å²) in [6.07, 6.45) is 5.71. The van der Waals surface area contributed by atoms with E-state index in [1.807, 2.05) is 12.4 Å². The van der Waals surface area contributed by atoms with E-state index in [1.165, 1.54) is 56.1 Å². The molecule has 0 atom stereocenters. The van der Waals surface area contributed by atoms with Gasteiger partial charge in [0.2, 0.25) is 0 Å². The topological polar surface area (TPSA) is 61.9 Å². The van der Waals surface area contributed by atoms with Crippen molar-refractivity contribution in [1.29, 1.82) is 0 Å². The normalized spacial score (nSPS) is 11.5. The van der Waals surface area contributed by atoms with Crippen LogP contribution in [-0.4, -0.2) is 31.5 Å². The van der Waals surface area contributed by atoms with Crippen LogP contribution < -0.4 is 4.74 Å². The minimum absolute atomic E-state index is 0.138. The molecule has 4 heterocycles. The van der Waals surface area contributed by atoms with E-state index in [9.17, 15) is 0 Å². The van der Waals surface area contributed by atoms with Crippen LogP contribution in [0, 0.1) is 20.8 Å². The highest BCUT2D eigenvalue weighted by atomic mass is 16.5. The fourth-order valence-electron chi connectivity index (χ4n) is 5.73. The summed E-state index contributed by atoms with van der Waals surface area (Å²) in [7, 11) is 0. The molecular formula is C33H36N4O2. The van der Waals surface area contributed by atoms with Crippen LogP contribution >= 0.6 is 0 Å². The van der Waals surface area contributed by atoms with Crippen LogP contribution in [0.25, 0.3) is 43.6 Å². The largest absolute Gasteiger partial charge is 0.491 e. The number of aldehydes is 1. The fourth-order valence-corrected chi connectivity index (χ4v) is 5.73. The van der Waals surface area contributed by atoms with Crippen LogP contribution in [-0.2, 0) is 17.9 Å². The molecular weight excluding hydrogens is 484 g/mol. The van der Waals surface area contributed by atoms with E-state index in [0.29, 0.717) is 0 Å². The number of hydrogen-bond donors (Lipinski definition) is 0. The lowest BCUT2D eigenvalue weighted by molar-refractivity contribution is -0.106. The van der Waals surface area contributed by atoms with Gasteiger partial charge in [-0.1, -0.05) is 12.1 Å². The Morgan fingerprint density at radius 3 is 1.82 bits per heavy atom. The second-order valence-electron chi connectivity index (χ2n) is 10.3. The van der Waals surface area contributed by atoms with E-state index < -0.39 is 0 Å². The molecule has 6 nitrogen and oxygen atoms in total. The fraction of sp³-hybridized carbons (Fsp3) is 0.303. The summed E-state index contributed by atoms with van der Waals surface area (Å²) >= 11 is 0. The van der Waals surface area contributed by atoms with Crippen molar-refractivity contribution < 1.29 is 9.53 Å². The van der Waals surface area contributed by atoms with Crippen molar-refractivity contribution in [3.8, 4) is 5.75 Å². The summed E-state index contributed by atoms with van der Waals surface area (Å²) in [6, 6.07) is 17.5. The van der Waals surface area contributed by atoms with Crippen molar-refractivity contribution in [1.82, 2.24) is 19.1 Å². The molecule has 0 saturated carbocycles. The second-order valence-corrected chi connectivity index (χ2v) is 10.3. The molecule has 0 aliphatic rings. The molecule has 4 aromatic heterocycles. The first kappa shape index (κ1) is 26.4. The lowest BCUT2D eigenvalue weighted by atomic mass is 10.1. The van der Waals surface area contributed by atoms with Gasteiger partial charge in [-0.2, -0.15) is 0 Å². The van der Waals surface area contributed by atoms with Gasteiger partial charge in [0.25, 0.3) is 0 Å². The molecule has 0 saturated heterocycles. The predicted molar refractivity (Wildman–Crippen MR) is 161 cm³/mol. The number of carbonyl (C=O) groups is 1. The summed E-state index contributed by atoms with van der Waals surface area (Å²) in [5.41, 5.74) is 8.36. The van der Waals surface area contributed by atoms with Crippen LogP contribution in [0.3, 0.4) is 0 Å². The van der Waals surface area contributed by atoms with Gasteiger partial charge in [0, 0.05) is 58.6 Å². The van der Waals surface area contributed by atoms with E-state index in [4.69, 9.17) is 9.53 Å². The van der Waals surface area contributed by atoms with Crippen molar-refractivity contribution in [2.45, 2.75) is 67.2 Å². The number of aromatic nitrogens is 4. The van der Waals surface area contributed by atoms with Gasteiger partial charge in [-0.05, 0) is 83.9 Å². The van der Waals surface area contributed by atoms with Crippen LogP contribution in [0.1, 0.15) is 44.1 Å². The third kappa shape index (κ3) is 4.87. The number of pyridine rings is 2. The lowest BCUT2D eigenvalue weighted by Gasteiger charge is -2.13. The Kier molecular flexibility index (Phi) is 7.38. The van der Waals surface area contributed by atoms with Crippen molar-refractivity contribution in [2.24, 2.45) is 0 Å². The zero-order chi connectivity index (χ0) is 27.7. The first-order valence-corrected chi connectivity index (χ1v) is 13.6. The third-order valence-corrected chi connectivity index (χ3v) is 7.17. The number of ether oxygens (including phenoxy) is 1. The van der Waals surface area contributed by atoms with Gasteiger partial charge in [-0.3, -0.25) is 9.97 Å². The number of carbonyl (C=O) groups excluding carboxylic acids is 1. The summed E-state index contributed by atoms with van der Waals surface area (Å²) in [4.78, 5) is 18.1. The van der Waals surface area contributed by atoms with E-state index in [1.54, 1.807) is 0 Å². The quantitative estimate of drug-likeness (QED) is 0.211. The Hall–Kier alpha value is -4.19. The number of fused-ring (bicyclic) bond motifs is 6. The average molecular weight is 521 g/mol. The molecule has 0 fully saturated rings. The zero-order valence-corrected chi connectivity index (χ0v) is 23.7. The number of benzene rings is 2. The Labute approximate surface area is 229 Å². The van der Waals surface area contributed by atoms with Crippen molar-refractivity contribution in [2.75, 3.05) is 0 Å². The second kappa shape index (κ2) is 10.9. The molecule has 0 unspecified atom stereocenters. The molecule has 2 aromatic carbocycles. The van der Waals surface area contributed by atoms with Crippen molar-refractivity contribution >= 4 is 49.9 Å². The molecule has 6 rings (SSSR count). The van der Waals surface area contributed by atoms with Gasteiger partial charge < -0.3 is 18.7 Å². The molecule has 0 bridgehead atoms. The van der Waals surface area contributed by atoms with Crippen LogP contribution in [0.5, 0.6) is 5.75 Å². The molecule has 0 spiro atoms. The van der Waals surface area contributed by atoms with E-state index >= 15 is 0 Å². The monoisotopic (exact) mass is 520 g/mol. The SMILES string of the molecule is CC=O.Cc1ccc2c3ccnc(C)c3n(CCCn3c4cc(OC(C)C)ccc4c4ccnc(C)c43)c2c1. The maximum atomic E-state index is 8.81. The maximum Gasteiger partial charge on any atom is 0.121 e. The zero-order valence-electron chi connectivity index (χ0n) is 23.7. The molecule has 39 heavy (non-hydrogen) atoms. The van der Waals surface area contributed by atoms with Gasteiger partial charge >= 0.3 is 0 Å². The predicted octanol–water partition coefficient (Wildman–Crippen LogP) is 7.70. The van der Waals surface area contributed by atoms with Crippen LogP contribution in [0.15, 0.2) is 60.9 Å². The highest BCUT2D eigenvalue weighted by Crippen LogP contribution is 2.34. The standard InChI is InChI=1S/C31H32N4O.C2H4O/c1-19(2)36-23-8-10-25-27-12-14-33-22(5)31(27)35(29(25)18-23)16-6-15-34-28-17-20(3)7-9-24(28)26-11-13-32-21(4)30(26)34;1-2-3/h7-14,17-19H,6,15-16H2,1-5H3;2H,1H3. The van der Waals surface area contributed by atoms with E-state index in [0.717, 1.165) is 42.9 Å². The minimum atomic E-state index is 0.138. The first-order valence-electron chi connectivity index (χ1n) is 13.6. The maximum absolute atomic E-state index is 8.81. The Balaban J connectivity index is 0.000000983. The summed E-state index contributed by atoms with van der Waals surface area (Å²) in [6.45, 7) is 13.8. The minimum Gasteiger partial charge on any atom is -0.491 e. The summed E-state index contributed by atoms with van der Waals surface area (Å²) < 4.78 is 10.9. The van der Waals surface area contributed by atoms with E-state index in [2.05, 4.69) is 102 Å². The summed E-state index contributed by atoms with van der Waals surface area (Å²) in [5.74, 6) is 0.909. The molecule has 0 amide bonds. The molecule has 6 aromatic rings. The molecule has 0 N–H and O–H groups in total. The highest BCUT2D eigenvalue weighted by molar-refractivity contribution is 6.09. The Morgan fingerprint density at radius 1 is 0.769 bits per heavy atom. The number of aryl methyl sites for hydroxylation is 5. The Morgan fingerprint density at radius 2 is 1.28 bits per heavy atom. The van der Waals surface area contributed by atoms with Gasteiger partial charge in [0.05, 0.1) is 34.0 Å². The molecule has 0 aliphatic heterocycles. The third-order valence-electron chi connectivity index (χ3n) is 7.17. The molecule has 6 heteroatoms. The van der Waals surface area contributed by atoms with Gasteiger partial charge in [-0.25, -0.2) is 0 Å². The lowest BCUT2D eigenvalue weighted by Crippen LogP contribution is -2.07. The first-order chi connectivity index (χ1) is 18.8. The Bertz CT molecular complexity index is 1810. The number of hydrogen-bond acceptors (Lipinski definition) is 4. The van der Waals surface area contributed by atoms with Gasteiger partial charge in [0.1, 0.15) is 12.0 Å². The van der Waals surface area contributed by atoms with Crippen LogP contribution in [0.2, 0.25) is 0 Å². The van der Waals surface area contributed by atoms with Crippen molar-refractivity contribution in [3.05, 3.63) is 77.9 Å².